The Morgan fingerprint density at radius 3 is 1.86 bits per heavy atom. The second-order valence-electron chi connectivity index (χ2n) is 2.80. The van der Waals surface area contributed by atoms with Gasteiger partial charge in [-0.05, 0) is 0 Å². The summed E-state index contributed by atoms with van der Waals surface area (Å²) in [5.74, 6) is -2.37. The molecule has 0 radical (unpaired) electrons. The lowest BCUT2D eigenvalue weighted by molar-refractivity contribution is -0.150. The van der Waals surface area contributed by atoms with E-state index in [1.807, 2.05) is 0 Å². The lowest BCUT2D eigenvalue weighted by atomic mass is 9.92. The standard InChI is InChI=1S/C9H10N2O3/c10-7(12)9(14,8(11)13)6-4-2-1-3-5-6/h1-5,14H,(H2,10,12)(H2,11,13). The highest BCUT2D eigenvalue weighted by Crippen LogP contribution is 2.19. The third kappa shape index (κ3) is 1.45. The Bertz CT molecular complexity index is 348. The number of amides is 2. The second-order valence-corrected chi connectivity index (χ2v) is 2.80. The molecule has 74 valence electrons. The van der Waals surface area contributed by atoms with Crippen molar-refractivity contribution in [2.45, 2.75) is 5.60 Å². The highest BCUT2D eigenvalue weighted by Gasteiger charge is 2.42. The van der Waals surface area contributed by atoms with E-state index in [-0.39, 0.29) is 5.56 Å². The van der Waals surface area contributed by atoms with Crippen LogP contribution < -0.4 is 11.5 Å². The molecular weight excluding hydrogens is 184 g/mol. The molecule has 0 aromatic heterocycles. The number of aliphatic hydroxyl groups is 1. The van der Waals surface area contributed by atoms with Crippen molar-refractivity contribution in [2.24, 2.45) is 11.5 Å². The average molecular weight is 194 g/mol. The molecule has 14 heavy (non-hydrogen) atoms. The van der Waals surface area contributed by atoms with E-state index in [1.165, 1.54) is 12.1 Å². The maximum Gasteiger partial charge on any atom is 0.264 e. The molecule has 1 rings (SSSR count). The zero-order chi connectivity index (χ0) is 10.8. The van der Waals surface area contributed by atoms with Crippen molar-refractivity contribution in [3.05, 3.63) is 35.9 Å². The van der Waals surface area contributed by atoms with E-state index in [0.717, 1.165) is 0 Å². The number of hydrogen-bond acceptors (Lipinski definition) is 3. The van der Waals surface area contributed by atoms with Gasteiger partial charge in [0.15, 0.2) is 0 Å². The minimum Gasteiger partial charge on any atom is -0.368 e. The Hall–Kier alpha value is -1.88. The van der Waals surface area contributed by atoms with Gasteiger partial charge in [-0.25, -0.2) is 0 Å². The van der Waals surface area contributed by atoms with Crippen LogP contribution in [0.5, 0.6) is 0 Å². The first kappa shape index (κ1) is 10.2. The Labute approximate surface area is 80.3 Å². The zero-order valence-electron chi connectivity index (χ0n) is 7.31. The number of carbonyl (C=O) groups excluding carboxylic acids is 2. The fourth-order valence-electron chi connectivity index (χ4n) is 1.09. The van der Waals surface area contributed by atoms with Crippen molar-refractivity contribution in [3.63, 3.8) is 0 Å². The van der Waals surface area contributed by atoms with Crippen LogP contribution in [0.25, 0.3) is 0 Å². The number of nitrogens with two attached hydrogens (primary N) is 2. The molecule has 5 heteroatoms. The van der Waals surface area contributed by atoms with Crippen molar-refractivity contribution < 1.29 is 14.7 Å². The van der Waals surface area contributed by atoms with E-state index < -0.39 is 17.4 Å². The molecule has 0 saturated heterocycles. The third-order valence-corrected chi connectivity index (χ3v) is 1.90. The first-order valence-electron chi connectivity index (χ1n) is 3.87. The minimum atomic E-state index is -2.43. The van der Waals surface area contributed by atoms with Gasteiger partial charge < -0.3 is 16.6 Å². The lowest BCUT2D eigenvalue weighted by Crippen LogP contribution is -2.51. The number of rotatable bonds is 3. The van der Waals surface area contributed by atoms with Gasteiger partial charge >= 0.3 is 0 Å². The number of benzene rings is 1. The number of carbonyl (C=O) groups is 2. The van der Waals surface area contributed by atoms with Crippen molar-refractivity contribution in [1.82, 2.24) is 0 Å². The molecular formula is C9H10N2O3. The van der Waals surface area contributed by atoms with Gasteiger partial charge in [0.25, 0.3) is 11.8 Å². The molecule has 0 saturated carbocycles. The molecule has 0 aliphatic rings. The van der Waals surface area contributed by atoms with Crippen molar-refractivity contribution in [1.29, 1.82) is 0 Å². The highest BCUT2D eigenvalue weighted by atomic mass is 16.3. The quantitative estimate of drug-likeness (QED) is 0.528. The Balaban J connectivity index is 3.27. The highest BCUT2D eigenvalue weighted by molar-refractivity contribution is 6.07. The van der Waals surface area contributed by atoms with Crippen LogP contribution in [-0.2, 0) is 15.2 Å². The van der Waals surface area contributed by atoms with Crippen LogP contribution in [0.4, 0.5) is 0 Å². The molecule has 0 fully saturated rings. The van der Waals surface area contributed by atoms with Crippen LogP contribution in [0.1, 0.15) is 5.56 Å². The predicted octanol–water partition coefficient (Wildman–Crippen LogP) is -1.16. The van der Waals surface area contributed by atoms with Gasteiger partial charge in [-0.3, -0.25) is 9.59 Å². The Kier molecular flexibility index (Phi) is 2.53. The normalized spacial score (nSPS) is 10.9. The van der Waals surface area contributed by atoms with Crippen LogP contribution in [0.2, 0.25) is 0 Å². The first-order valence-corrected chi connectivity index (χ1v) is 3.87. The molecule has 2 amide bonds. The summed E-state index contributed by atoms with van der Waals surface area (Å²) in [6.45, 7) is 0. The van der Waals surface area contributed by atoms with Gasteiger partial charge in [0, 0.05) is 5.56 Å². The zero-order valence-corrected chi connectivity index (χ0v) is 7.31. The summed E-state index contributed by atoms with van der Waals surface area (Å²) in [6.07, 6.45) is 0. The van der Waals surface area contributed by atoms with E-state index >= 15 is 0 Å². The summed E-state index contributed by atoms with van der Waals surface area (Å²) in [5.41, 5.74) is 7.47. The molecule has 0 aliphatic carbocycles. The first-order chi connectivity index (χ1) is 6.49. The third-order valence-electron chi connectivity index (χ3n) is 1.90. The molecule has 0 unspecified atom stereocenters. The van der Waals surface area contributed by atoms with Crippen molar-refractivity contribution in [3.8, 4) is 0 Å². The average Bonchev–Trinajstić information content (AvgIpc) is 2.17. The summed E-state index contributed by atoms with van der Waals surface area (Å²) in [7, 11) is 0. The molecule has 0 spiro atoms. The molecule has 5 nitrogen and oxygen atoms in total. The fourth-order valence-corrected chi connectivity index (χ4v) is 1.09. The van der Waals surface area contributed by atoms with Gasteiger partial charge in [-0.1, -0.05) is 30.3 Å². The summed E-state index contributed by atoms with van der Waals surface area (Å²) in [5, 5.41) is 9.69. The van der Waals surface area contributed by atoms with E-state index in [4.69, 9.17) is 11.5 Å². The fraction of sp³-hybridized carbons (Fsp3) is 0.111. The minimum absolute atomic E-state index is 0.0694. The van der Waals surface area contributed by atoms with Gasteiger partial charge in [0.2, 0.25) is 5.60 Å². The van der Waals surface area contributed by atoms with Crippen molar-refractivity contribution in [2.75, 3.05) is 0 Å². The van der Waals surface area contributed by atoms with Gasteiger partial charge in [0.1, 0.15) is 0 Å². The summed E-state index contributed by atoms with van der Waals surface area (Å²) in [4.78, 5) is 21.9. The topological polar surface area (TPSA) is 106 Å². The van der Waals surface area contributed by atoms with Gasteiger partial charge in [-0.15, -0.1) is 0 Å². The number of hydrogen-bond donors (Lipinski definition) is 3. The Morgan fingerprint density at radius 1 is 1.07 bits per heavy atom. The molecule has 1 aromatic rings. The largest absolute Gasteiger partial charge is 0.368 e. The van der Waals surface area contributed by atoms with E-state index in [2.05, 4.69) is 0 Å². The number of primary amides is 2. The van der Waals surface area contributed by atoms with Crippen LogP contribution in [0, 0.1) is 0 Å². The monoisotopic (exact) mass is 194 g/mol. The second kappa shape index (κ2) is 3.47. The molecule has 1 aromatic carbocycles. The van der Waals surface area contributed by atoms with Crippen molar-refractivity contribution >= 4 is 11.8 Å². The van der Waals surface area contributed by atoms with Gasteiger partial charge in [-0.2, -0.15) is 0 Å². The van der Waals surface area contributed by atoms with Crippen LogP contribution in [-0.4, -0.2) is 16.9 Å². The summed E-state index contributed by atoms with van der Waals surface area (Å²) < 4.78 is 0. The molecule has 5 N–H and O–H groups in total. The maximum atomic E-state index is 10.9. The van der Waals surface area contributed by atoms with E-state index in [1.54, 1.807) is 18.2 Å². The van der Waals surface area contributed by atoms with E-state index in [9.17, 15) is 14.7 Å². The molecule has 0 heterocycles. The van der Waals surface area contributed by atoms with Gasteiger partial charge in [0.05, 0.1) is 0 Å². The summed E-state index contributed by atoms with van der Waals surface area (Å²) in [6, 6.07) is 7.59. The molecule has 0 atom stereocenters. The van der Waals surface area contributed by atoms with E-state index in [0.29, 0.717) is 0 Å². The molecule has 0 aliphatic heterocycles. The van der Waals surface area contributed by atoms with Crippen LogP contribution in [0.15, 0.2) is 30.3 Å². The lowest BCUT2D eigenvalue weighted by Gasteiger charge is -2.20. The van der Waals surface area contributed by atoms with Crippen LogP contribution >= 0.6 is 0 Å². The summed E-state index contributed by atoms with van der Waals surface area (Å²) >= 11 is 0. The smallest absolute Gasteiger partial charge is 0.264 e. The Morgan fingerprint density at radius 2 is 1.50 bits per heavy atom. The predicted molar refractivity (Wildman–Crippen MR) is 48.7 cm³/mol. The molecule has 0 bridgehead atoms. The maximum absolute atomic E-state index is 10.9. The van der Waals surface area contributed by atoms with Crippen LogP contribution in [0.3, 0.4) is 0 Å². The SMILES string of the molecule is NC(=O)C(O)(C(N)=O)c1ccccc1.